The summed E-state index contributed by atoms with van der Waals surface area (Å²) >= 11 is 0. The van der Waals surface area contributed by atoms with E-state index in [-0.39, 0.29) is 24.9 Å². The third kappa shape index (κ3) is 3.01. The minimum absolute atomic E-state index is 0.0836. The van der Waals surface area contributed by atoms with Crippen molar-refractivity contribution in [3.05, 3.63) is 59.9 Å². The van der Waals surface area contributed by atoms with Crippen LogP contribution in [0.2, 0.25) is 0 Å². The van der Waals surface area contributed by atoms with Gasteiger partial charge >= 0.3 is 5.97 Å². The summed E-state index contributed by atoms with van der Waals surface area (Å²) in [6.45, 7) is -0.160. The van der Waals surface area contributed by atoms with Crippen LogP contribution < -0.4 is 9.64 Å². The predicted molar refractivity (Wildman–Crippen MR) is 81.1 cm³/mol. The summed E-state index contributed by atoms with van der Waals surface area (Å²) < 4.78 is 18.2. The number of rotatable bonds is 4. The summed E-state index contributed by atoms with van der Waals surface area (Å²) in [5.74, 6) is -2.05. The van der Waals surface area contributed by atoms with E-state index < -0.39 is 11.9 Å². The number of hydrogen-bond donors (Lipinski definition) is 1. The van der Waals surface area contributed by atoms with E-state index in [0.29, 0.717) is 17.0 Å². The van der Waals surface area contributed by atoms with Crippen LogP contribution in [0, 0.1) is 5.82 Å². The van der Waals surface area contributed by atoms with Crippen molar-refractivity contribution in [2.75, 3.05) is 18.1 Å². The highest BCUT2D eigenvalue weighted by Crippen LogP contribution is 2.36. The topological polar surface area (TPSA) is 66.8 Å². The molecule has 0 radical (unpaired) electrons. The number of carboxylic acid groups (broad SMARTS) is 1. The van der Waals surface area contributed by atoms with Gasteiger partial charge in [-0.1, -0.05) is 18.2 Å². The Balaban J connectivity index is 1.73. The van der Waals surface area contributed by atoms with Crippen LogP contribution in [-0.2, 0) is 9.59 Å². The lowest BCUT2D eigenvalue weighted by molar-refractivity contribution is -0.138. The highest BCUT2D eigenvalue weighted by atomic mass is 19.1. The Hall–Kier alpha value is -2.89. The van der Waals surface area contributed by atoms with Gasteiger partial charge in [0.15, 0.2) is 6.61 Å². The number of fused-ring (bicyclic) bond motifs is 1. The van der Waals surface area contributed by atoms with Crippen molar-refractivity contribution < 1.29 is 23.8 Å². The molecule has 23 heavy (non-hydrogen) atoms. The first-order chi connectivity index (χ1) is 11.1. The number of anilines is 1. The van der Waals surface area contributed by atoms with Gasteiger partial charge in [0.2, 0.25) is 0 Å². The molecule has 0 aliphatic carbocycles. The first-order valence-electron chi connectivity index (χ1n) is 7.06. The van der Waals surface area contributed by atoms with Crippen LogP contribution in [-0.4, -0.2) is 30.1 Å². The van der Waals surface area contributed by atoms with E-state index in [4.69, 9.17) is 4.74 Å². The van der Waals surface area contributed by atoms with Crippen molar-refractivity contribution in [3.63, 3.8) is 0 Å². The van der Waals surface area contributed by atoms with Crippen molar-refractivity contribution in [2.45, 2.75) is 5.92 Å². The van der Waals surface area contributed by atoms with Gasteiger partial charge in [-0.05, 0) is 35.9 Å². The second-order valence-corrected chi connectivity index (χ2v) is 5.20. The Kier molecular flexibility index (Phi) is 3.97. The zero-order chi connectivity index (χ0) is 16.4. The van der Waals surface area contributed by atoms with Crippen LogP contribution in [0.3, 0.4) is 0 Å². The normalized spacial score (nSPS) is 16.0. The molecule has 1 heterocycles. The number of benzene rings is 2. The molecule has 6 heteroatoms. The fraction of sp³-hybridized carbons (Fsp3) is 0.176. The molecule has 0 saturated carbocycles. The minimum atomic E-state index is -0.966. The predicted octanol–water partition coefficient (Wildman–Crippen LogP) is 2.42. The number of nitrogens with zero attached hydrogens (tertiary/aromatic N) is 1. The number of carbonyl (C=O) groups is 2. The molecule has 0 unspecified atom stereocenters. The molecule has 2 aromatic rings. The second-order valence-electron chi connectivity index (χ2n) is 5.20. The zero-order valence-electron chi connectivity index (χ0n) is 12.1. The van der Waals surface area contributed by atoms with Gasteiger partial charge in [-0.25, -0.2) is 4.39 Å². The van der Waals surface area contributed by atoms with Crippen LogP contribution in [0.1, 0.15) is 11.5 Å². The Morgan fingerprint density at radius 3 is 2.57 bits per heavy atom. The quantitative estimate of drug-likeness (QED) is 0.941. The maximum Gasteiger partial charge on any atom is 0.312 e. The fourth-order valence-corrected chi connectivity index (χ4v) is 2.61. The van der Waals surface area contributed by atoms with E-state index in [1.165, 1.54) is 29.2 Å². The van der Waals surface area contributed by atoms with E-state index in [9.17, 15) is 19.1 Å². The van der Waals surface area contributed by atoms with Crippen LogP contribution in [0.4, 0.5) is 10.1 Å². The average Bonchev–Trinajstić information content (AvgIpc) is 2.94. The molecule has 0 aromatic heterocycles. The number of amides is 1. The highest BCUT2D eigenvalue weighted by molar-refractivity contribution is 5.99. The van der Waals surface area contributed by atoms with Crippen LogP contribution in [0.15, 0.2) is 48.5 Å². The maximum atomic E-state index is 12.8. The van der Waals surface area contributed by atoms with E-state index in [2.05, 4.69) is 0 Å². The van der Waals surface area contributed by atoms with Crippen LogP contribution >= 0.6 is 0 Å². The van der Waals surface area contributed by atoms with Gasteiger partial charge in [0.1, 0.15) is 17.5 Å². The third-order valence-corrected chi connectivity index (χ3v) is 3.74. The Morgan fingerprint density at radius 2 is 1.87 bits per heavy atom. The van der Waals surface area contributed by atoms with Gasteiger partial charge < -0.3 is 14.7 Å². The number of hydrogen-bond acceptors (Lipinski definition) is 3. The van der Waals surface area contributed by atoms with Crippen molar-refractivity contribution in [1.82, 2.24) is 0 Å². The summed E-state index contributed by atoms with van der Waals surface area (Å²) in [7, 11) is 0. The monoisotopic (exact) mass is 315 g/mol. The lowest BCUT2D eigenvalue weighted by atomic mass is 10.0. The summed E-state index contributed by atoms with van der Waals surface area (Å²) in [5, 5.41) is 9.29. The number of aliphatic carboxylic acids is 1. The molecule has 118 valence electrons. The van der Waals surface area contributed by atoms with E-state index >= 15 is 0 Å². The third-order valence-electron chi connectivity index (χ3n) is 3.74. The highest BCUT2D eigenvalue weighted by Gasteiger charge is 2.36. The number of halogens is 1. The van der Waals surface area contributed by atoms with Gasteiger partial charge in [-0.15, -0.1) is 0 Å². The van der Waals surface area contributed by atoms with Gasteiger partial charge in [0.25, 0.3) is 5.91 Å². The average molecular weight is 315 g/mol. The van der Waals surface area contributed by atoms with Crippen LogP contribution in [0.25, 0.3) is 0 Å². The number of para-hydroxylation sites is 1. The summed E-state index contributed by atoms with van der Waals surface area (Å²) in [5.41, 5.74) is 1.21. The van der Waals surface area contributed by atoms with Gasteiger partial charge in [-0.2, -0.15) is 0 Å². The summed E-state index contributed by atoms with van der Waals surface area (Å²) in [4.78, 5) is 25.1. The number of ether oxygens (including phenoxy) is 1. The van der Waals surface area contributed by atoms with Gasteiger partial charge in [0.05, 0.1) is 0 Å². The molecular formula is C17H14FNO4. The molecule has 5 nitrogen and oxygen atoms in total. The molecule has 1 aliphatic rings. The summed E-state index contributed by atoms with van der Waals surface area (Å²) in [6.07, 6.45) is 0. The lowest BCUT2D eigenvalue weighted by Gasteiger charge is -2.17. The first kappa shape index (κ1) is 15.0. The van der Waals surface area contributed by atoms with Crippen molar-refractivity contribution in [2.24, 2.45) is 0 Å². The second kappa shape index (κ2) is 6.08. The molecule has 0 fully saturated rings. The van der Waals surface area contributed by atoms with E-state index in [0.717, 1.165) is 0 Å². The zero-order valence-corrected chi connectivity index (χ0v) is 12.1. The van der Waals surface area contributed by atoms with Gasteiger partial charge in [0, 0.05) is 12.2 Å². The van der Waals surface area contributed by atoms with E-state index in [1.54, 1.807) is 24.3 Å². The Labute approximate surface area is 131 Å². The van der Waals surface area contributed by atoms with Gasteiger partial charge in [-0.3, -0.25) is 9.59 Å². The largest absolute Gasteiger partial charge is 0.484 e. The fourth-order valence-electron chi connectivity index (χ4n) is 2.61. The van der Waals surface area contributed by atoms with E-state index in [1.807, 2.05) is 0 Å². The van der Waals surface area contributed by atoms with Crippen LogP contribution in [0.5, 0.6) is 5.75 Å². The maximum absolute atomic E-state index is 12.8. The number of carboxylic acids is 1. The molecule has 3 rings (SSSR count). The molecule has 1 amide bonds. The Morgan fingerprint density at radius 1 is 1.17 bits per heavy atom. The molecule has 1 N–H and O–H groups in total. The molecular weight excluding hydrogens is 301 g/mol. The molecule has 1 aliphatic heterocycles. The SMILES string of the molecule is O=C(O)[C@@H]1CN(C(=O)COc2ccc(F)cc2)c2ccccc21. The van der Waals surface area contributed by atoms with Crippen molar-refractivity contribution >= 4 is 17.6 Å². The standard InChI is InChI=1S/C17H14FNO4/c18-11-5-7-12(8-6-11)23-10-16(20)19-9-14(17(21)22)13-3-1-2-4-15(13)19/h1-8,14H,9-10H2,(H,21,22)/t14-/m1/s1. The minimum Gasteiger partial charge on any atom is -0.484 e. The smallest absolute Gasteiger partial charge is 0.312 e. The van der Waals surface area contributed by atoms with Crippen molar-refractivity contribution in [3.8, 4) is 5.75 Å². The molecule has 2 aromatic carbocycles. The summed E-state index contributed by atoms with van der Waals surface area (Å²) in [6, 6.07) is 12.3. The molecule has 1 atom stereocenters. The lowest BCUT2D eigenvalue weighted by Crippen LogP contribution is -2.35. The Bertz CT molecular complexity index is 745. The molecule has 0 saturated heterocycles. The number of carbonyl (C=O) groups excluding carboxylic acids is 1. The molecule has 0 spiro atoms. The molecule has 0 bridgehead atoms. The van der Waals surface area contributed by atoms with Crippen molar-refractivity contribution in [1.29, 1.82) is 0 Å². The first-order valence-corrected chi connectivity index (χ1v) is 7.06.